The van der Waals surface area contributed by atoms with Crippen LogP contribution in [0, 0.1) is 5.82 Å². The van der Waals surface area contributed by atoms with Crippen molar-refractivity contribution < 1.29 is 9.13 Å². The van der Waals surface area contributed by atoms with Gasteiger partial charge in [-0.1, -0.05) is 146 Å². The molecule has 0 unspecified atom stereocenters. The minimum Gasteiger partial charge on any atom is -0.457 e. The van der Waals surface area contributed by atoms with Gasteiger partial charge in [0.2, 0.25) is 0 Å². The highest BCUT2D eigenvalue weighted by Gasteiger charge is 2.41. The predicted molar refractivity (Wildman–Crippen MR) is 217 cm³/mol. The number of nitrogens with zero attached hydrogens (tertiary/aromatic N) is 1. The zero-order chi connectivity index (χ0) is 35.2. The van der Waals surface area contributed by atoms with Gasteiger partial charge in [-0.25, -0.2) is 4.39 Å². The van der Waals surface area contributed by atoms with Crippen LogP contribution in [0.5, 0.6) is 11.5 Å². The zero-order valence-electron chi connectivity index (χ0n) is 28.5. The Kier molecular flexibility index (Phi) is 9.29. The van der Waals surface area contributed by atoms with Crippen molar-refractivity contribution in [2.75, 3.05) is 4.90 Å². The van der Waals surface area contributed by atoms with Gasteiger partial charge < -0.3 is 9.64 Å². The van der Waals surface area contributed by atoms with Gasteiger partial charge in [-0.05, 0) is 105 Å². The number of para-hydroxylation sites is 1. The van der Waals surface area contributed by atoms with Crippen LogP contribution in [0.3, 0.4) is 0 Å². The number of hydrogen-bond acceptors (Lipinski definition) is 2. The Balaban J connectivity index is 1.14. The molecule has 0 bridgehead atoms. The van der Waals surface area contributed by atoms with Gasteiger partial charge in [0.1, 0.15) is 17.3 Å². The molecule has 0 saturated carbocycles. The summed E-state index contributed by atoms with van der Waals surface area (Å²) < 4.78 is 20.1. The van der Waals surface area contributed by atoms with Crippen molar-refractivity contribution in [1.29, 1.82) is 0 Å². The third kappa shape index (κ3) is 6.56. The van der Waals surface area contributed by atoms with Crippen LogP contribution in [0.4, 0.5) is 21.5 Å². The molecular formula is C48H36FNOSi. The fraction of sp³-hybridized carbons (Fsp3) is 0. The van der Waals surface area contributed by atoms with Gasteiger partial charge in [0.15, 0.2) is 8.07 Å². The molecule has 0 heterocycles. The van der Waals surface area contributed by atoms with Crippen LogP contribution >= 0.6 is 0 Å². The molecule has 8 aromatic rings. The molecule has 0 aliphatic carbocycles. The highest BCUT2D eigenvalue weighted by molar-refractivity contribution is 7.19. The molecule has 0 radical (unpaired) electrons. The second-order valence-electron chi connectivity index (χ2n) is 12.7. The molecule has 0 aromatic heterocycles. The van der Waals surface area contributed by atoms with Crippen LogP contribution in [0.15, 0.2) is 218 Å². The van der Waals surface area contributed by atoms with E-state index < -0.39 is 8.07 Å². The van der Waals surface area contributed by atoms with E-state index in [-0.39, 0.29) is 5.82 Å². The molecule has 4 heteroatoms. The topological polar surface area (TPSA) is 12.5 Å². The summed E-state index contributed by atoms with van der Waals surface area (Å²) in [6.07, 6.45) is 0. The number of anilines is 3. The highest BCUT2D eigenvalue weighted by Crippen LogP contribution is 2.37. The summed E-state index contributed by atoms with van der Waals surface area (Å²) in [7, 11) is -2.60. The maximum Gasteiger partial charge on any atom is 0.179 e. The summed E-state index contributed by atoms with van der Waals surface area (Å²) in [5, 5.41) is 5.39. The van der Waals surface area contributed by atoms with E-state index in [9.17, 15) is 4.39 Å². The van der Waals surface area contributed by atoms with E-state index in [2.05, 4.69) is 144 Å². The van der Waals surface area contributed by atoms with Gasteiger partial charge in [0.05, 0.1) is 0 Å². The van der Waals surface area contributed by atoms with Crippen molar-refractivity contribution in [3.63, 3.8) is 0 Å². The number of hydrogen-bond donors (Lipinski definition) is 0. The van der Waals surface area contributed by atoms with Crippen LogP contribution in [0.2, 0.25) is 0 Å². The first kappa shape index (κ1) is 32.7. The van der Waals surface area contributed by atoms with Crippen LogP contribution < -0.4 is 30.4 Å². The molecule has 52 heavy (non-hydrogen) atoms. The van der Waals surface area contributed by atoms with Crippen molar-refractivity contribution in [2.24, 2.45) is 0 Å². The maximum atomic E-state index is 14.0. The summed E-state index contributed by atoms with van der Waals surface area (Å²) in [5.74, 6) is 1.25. The molecule has 0 spiro atoms. The molecule has 0 fully saturated rings. The summed E-state index contributed by atoms with van der Waals surface area (Å²) in [6.45, 7) is 0. The van der Waals surface area contributed by atoms with Gasteiger partial charge in [0, 0.05) is 17.1 Å². The lowest BCUT2D eigenvalue weighted by Crippen LogP contribution is -2.74. The van der Waals surface area contributed by atoms with Crippen molar-refractivity contribution in [3.8, 4) is 22.6 Å². The van der Waals surface area contributed by atoms with Crippen molar-refractivity contribution in [3.05, 3.63) is 224 Å². The lowest BCUT2D eigenvalue weighted by molar-refractivity contribution is 0.483. The molecular weight excluding hydrogens is 654 g/mol. The van der Waals surface area contributed by atoms with E-state index in [0.29, 0.717) is 0 Å². The van der Waals surface area contributed by atoms with Gasteiger partial charge >= 0.3 is 0 Å². The number of rotatable bonds is 10. The Labute approximate surface area is 305 Å². The Morgan fingerprint density at radius 2 is 0.654 bits per heavy atom. The molecule has 8 aromatic carbocycles. The van der Waals surface area contributed by atoms with Crippen molar-refractivity contribution >= 4 is 45.9 Å². The summed E-state index contributed by atoms with van der Waals surface area (Å²) in [6, 6.07) is 74.9. The van der Waals surface area contributed by atoms with E-state index in [4.69, 9.17) is 4.74 Å². The summed E-state index contributed by atoms with van der Waals surface area (Å²) >= 11 is 0. The smallest absolute Gasteiger partial charge is 0.179 e. The second kappa shape index (κ2) is 14.8. The van der Waals surface area contributed by atoms with Crippen LogP contribution in [0.1, 0.15) is 0 Å². The fourth-order valence-corrected chi connectivity index (χ4v) is 11.8. The Morgan fingerprint density at radius 3 is 1.10 bits per heavy atom. The molecule has 250 valence electrons. The molecule has 0 aliphatic rings. The Hall–Kier alpha value is -6.49. The molecule has 0 atom stereocenters. The van der Waals surface area contributed by atoms with Crippen molar-refractivity contribution in [1.82, 2.24) is 0 Å². The quantitative estimate of drug-likeness (QED) is 0.105. The number of ether oxygens (including phenoxy) is 1. The van der Waals surface area contributed by atoms with Crippen LogP contribution in [-0.2, 0) is 0 Å². The Bertz CT molecular complexity index is 2240. The first-order valence-corrected chi connectivity index (χ1v) is 19.4. The summed E-state index contributed by atoms with van der Waals surface area (Å²) in [5.41, 5.74) is 5.02. The van der Waals surface area contributed by atoms with Gasteiger partial charge in [-0.15, -0.1) is 0 Å². The molecule has 0 N–H and O–H groups in total. The molecule has 2 nitrogen and oxygen atoms in total. The average molecular weight is 690 g/mol. The van der Waals surface area contributed by atoms with E-state index in [1.54, 1.807) is 12.1 Å². The molecule has 0 amide bonds. The monoisotopic (exact) mass is 689 g/mol. The van der Waals surface area contributed by atoms with Gasteiger partial charge in [-0.2, -0.15) is 0 Å². The summed E-state index contributed by atoms with van der Waals surface area (Å²) in [4.78, 5) is 2.12. The normalized spacial score (nSPS) is 11.2. The SMILES string of the molecule is Fc1ccc(N(c2ccc(Oc3ccccc3)cc2)c2ccc(-c3ccc([Si](c4ccccc4)(c4ccccc4)c4ccccc4)cc3)cc2)cc1. The third-order valence-corrected chi connectivity index (χ3v) is 14.4. The molecule has 8 rings (SSSR count). The van der Waals surface area contributed by atoms with E-state index >= 15 is 0 Å². The number of halogens is 1. The van der Waals surface area contributed by atoms with Crippen molar-refractivity contribution in [2.45, 2.75) is 0 Å². The van der Waals surface area contributed by atoms with Crippen LogP contribution in [-0.4, -0.2) is 8.07 Å². The fourth-order valence-electron chi connectivity index (χ4n) is 7.11. The van der Waals surface area contributed by atoms with E-state index in [0.717, 1.165) is 39.7 Å². The van der Waals surface area contributed by atoms with Gasteiger partial charge in [0.25, 0.3) is 0 Å². The van der Waals surface area contributed by atoms with Crippen LogP contribution in [0.25, 0.3) is 11.1 Å². The standard InChI is InChI=1S/C48H36FNOSi/c49-39-25-29-41(30-26-39)50(42-31-33-44(34-32-42)51-43-13-5-1-6-14-43)40-27-21-37(22-28-40)38-23-35-48(36-24-38)52(45-15-7-2-8-16-45,46-17-9-3-10-18-46)47-19-11-4-12-20-47/h1-36H. The third-order valence-electron chi connectivity index (χ3n) is 9.56. The molecule has 0 saturated heterocycles. The largest absolute Gasteiger partial charge is 0.457 e. The zero-order valence-corrected chi connectivity index (χ0v) is 29.5. The minimum absolute atomic E-state index is 0.270. The lowest BCUT2D eigenvalue weighted by Gasteiger charge is -2.34. The Morgan fingerprint density at radius 1 is 0.327 bits per heavy atom. The average Bonchev–Trinajstić information content (AvgIpc) is 3.22. The van der Waals surface area contributed by atoms with E-state index in [1.807, 2.05) is 54.6 Å². The molecule has 0 aliphatic heterocycles. The van der Waals surface area contributed by atoms with Gasteiger partial charge in [-0.3, -0.25) is 0 Å². The first-order valence-electron chi connectivity index (χ1n) is 17.4. The predicted octanol–water partition coefficient (Wildman–Crippen LogP) is 10.1. The lowest BCUT2D eigenvalue weighted by atomic mass is 10.0. The number of benzene rings is 8. The minimum atomic E-state index is -2.60. The van der Waals surface area contributed by atoms with E-state index in [1.165, 1.54) is 32.9 Å². The second-order valence-corrected chi connectivity index (χ2v) is 16.5. The first-order chi connectivity index (χ1) is 25.7. The maximum absolute atomic E-state index is 14.0. The highest BCUT2D eigenvalue weighted by atomic mass is 28.3.